The number of benzene rings is 2. The molecule has 0 spiro atoms. The third kappa shape index (κ3) is 3.51. The average Bonchev–Trinajstić information content (AvgIpc) is 3.51. The zero-order chi connectivity index (χ0) is 19.8. The van der Waals surface area contributed by atoms with E-state index < -0.39 is 11.9 Å². The van der Waals surface area contributed by atoms with Crippen LogP contribution in [0.3, 0.4) is 0 Å². The Hall–Kier alpha value is -2.39. The Morgan fingerprint density at radius 1 is 1.21 bits per heavy atom. The molecule has 1 aliphatic rings. The summed E-state index contributed by atoms with van der Waals surface area (Å²) in [6.07, 6.45) is 3.89. The van der Waals surface area contributed by atoms with Gasteiger partial charge in [0.2, 0.25) is 0 Å². The molecule has 0 saturated heterocycles. The minimum absolute atomic E-state index is 0.580. The van der Waals surface area contributed by atoms with Gasteiger partial charge in [0.1, 0.15) is 0 Å². The summed E-state index contributed by atoms with van der Waals surface area (Å²) < 4.78 is 0. The fraction of sp³-hybridized carbons (Fsp3) is 0.333. The molecule has 144 valence electrons. The number of aryl methyl sites for hydroxylation is 1. The van der Waals surface area contributed by atoms with E-state index in [9.17, 15) is 9.90 Å². The average molecular weight is 394 g/mol. The Kier molecular flexibility index (Phi) is 5.11. The molecule has 3 nitrogen and oxygen atoms in total. The molecule has 4 heteroatoms. The first-order valence-corrected chi connectivity index (χ1v) is 10.3. The summed E-state index contributed by atoms with van der Waals surface area (Å²) >= 11 is 6.30. The van der Waals surface area contributed by atoms with E-state index in [0.29, 0.717) is 17.4 Å². The lowest BCUT2D eigenvalue weighted by molar-refractivity contribution is -0.139. The molecule has 0 aliphatic heterocycles. The van der Waals surface area contributed by atoms with Gasteiger partial charge in [0.25, 0.3) is 0 Å². The van der Waals surface area contributed by atoms with E-state index in [4.69, 9.17) is 16.6 Å². The number of pyridine rings is 1. The van der Waals surface area contributed by atoms with Crippen molar-refractivity contribution in [1.82, 2.24) is 4.98 Å². The van der Waals surface area contributed by atoms with Gasteiger partial charge in [-0.2, -0.15) is 0 Å². The van der Waals surface area contributed by atoms with E-state index in [1.54, 1.807) is 0 Å². The van der Waals surface area contributed by atoms with Crippen LogP contribution in [-0.4, -0.2) is 16.1 Å². The molecule has 1 aliphatic carbocycles. The molecule has 1 N–H and O–H groups in total. The quantitative estimate of drug-likeness (QED) is 0.506. The van der Waals surface area contributed by atoms with Gasteiger partial charge < -0.3 is 5.11 Å². The number of aliphatic carboxylic acids is 1. The number of halogens is 1. The summed E-state index contributed by atoms with van der Waals surface area (Å²) in [5.74, 6) is -0.700. The van der Waals surface area contributed by atoms with E-state index in [1.807, 2.05) is 32.0 Å². The van der Waals surface area contributed by atoms with Gasteiger partial charge in [-0.05, 0) is 72.6 Å². The van der Waals surface area contributed by atoms with Gasteiger partial charge in [-0.3, -0.25) is 9.78 Å². The maximum atomic E-state index is 12.1. The SMILES string of the molecule is CCCC(C(=O)O)c1c(C)nc2ccc(Cl)cc2c1-c1ccc(C2CC2)cc1. The van der Waals surface area contributed by atoms with Gasteiger partial charge in [-0.25, -0.2) is 0 Å². The molecule has 0 bridgehead atoms. The third-order valence-corrected chi connectivity index (χ3v) is 5.88. The molecule has 0 amide bonds. The van der Waals surface area contributed by atoms with Crippen molar-refractivity contribution in [3.8, 4) is 11.1 Å². The topological polar surface area (TPSA) is 50.2 Å². The predicted octanol–water partition coefficient (Wildman–Crippen LogP) is 6.71. The fourth-order valence-electron chi connectivity index (χ4n) is 4.13. The van der Waals surface area contributed by atoms with Crippen molar-refractivity contribution < 1.29 is 9.90 Å². The number of hydrogen-bond donors (Lipinski definition) is 1. The van der Waals surface area contributed by atoms with Gasteiger partial charge in [0.15, 0.2) is 0 Å². The van der Waals surface area contributed by atoms with Crippen LogP contribution in [0.25, 0.3) is 22.0 Å². The Morgan fingerprint density at radius 2 is 1.93 bits per heavy atom. The highest BCUT2D eigenvalue weighted by Crippen LogP contribution is 2.43. The van der Waals surface area contributed by atoms with Crippen molar-refractivity contribution >= 4 is 28.5 Å². The van der Waals surface area contributed by atoms with E-state index in [1.165, 1.54) is 18.4 Å². The number of carbonyl (C=O) groups is 1. The highest BCUT2D eigenvalue weighted by molar-refractivity contribution is 6.31. The van der Waals surface area contributed by atoms with Crippen molar-refractivity contribution in [2.24, 2.45) is 0 Å². The minimum Gasteiger partial charge on any atom is -0.481 e. The highest BCUT2D eigenvalue weighted by atomic mass is 35.5. The molecule has 4 rings (SSSR count). The molecule has 28 heavy (non-hydrogen) atoms. The molecule has 2 aromatic carbocycles. The predicted molar refractivity (Wildman–Crippen MR) is 114 cm³/mol. The van der Waals surface area contributed by atoms with Crippen molar-refractivity contribution in [2.45, 2.75) is 51.4 Å². The first-order chi connectivity index (χ1) is 13.5. The van der Waals surface area contributed by atoms with Crippen LogP contribution >= 0.6 is 11.6 Å². The molecule has 1 unspecified atom stereocenters. The second-order valence-corrected chi connectivity index (χ2v) is 8.16. The lowest BCUT2D eigenvalue weighted by atomic mass is 9.84. The van der Waals surface area contributed by atoms with Gasteiger partial charge in [-0.1, -0.05) is 49.2 Å². The molecule has 1 fully saturated rings. The molecular formula is C24H24ClNO2. The summed E-state index contributed by atoms with van der Waals surface area (Å²) in [5.41, 5.74) is 5.77. The van der Waals surface area contributed by atoms with Crippen molar-refractivity contribution in [1.29, 1.82) is 0 Å². The Balaban J connectivity index is 2.00. The monoisotopic (exact) mass is 393 g/mol. The Labute approximate surface area is 170 Å². The Morgan fingerprint density at radius 3 is 2.54 bits per heavy atom. The molecule has 1 heterocycles. The van der Waals surface area contributed by atoms with Crippen LogP contribution < -0.4 is 0 Å². The lowest BCUT2D eigenvalue weighted by Gasteiger charge is -2.21. The largest absolute Gasteiger partial charge is 0.481 e. The molecule has 1 saturated carbocycles. The second-order valence-electron chi connectivity index (χ2n) is 7.72. The van der Waals surface area contributed by atoms with Crippen molar-refractivity contribution in [3.05, 3.63) is 64.3 Å². The van der Waals surface area contributed by atoms with E-state index in [2.05, 4.69) is 24.3 Å². The molecule has 1 atom stereocenters. The van der Waals surface area contributed by atoms with Crippen LogP contribution in [0.1, 0.15) is 61.3 Å². The second kappa shape index (κ2) is 7.56. The van der Waals surface area contributed by atoms with Gasteiger partial charge >= 0.3 is 5.97 Å². The number of fused-ring (bicyclic) bond motifs is 1. The van der Waals surface area contributed by atoms with E-state index in [0.717, 1.165) is 39.7 Å². The van der Waals surface area contributed by atoms with Crippen molar-refractivity contribution in [3.63, 3.8) is 0 Å². The van der Waals surface area contributed by atoms with Crippen LogP contribution in [0.4, 0.5) is 0 Å². The molecular weight excluding hydrogens is 370 g/mol. The van der Waals surface area contributed by atoms with Crippen molar-refractivity contribution in [2.75, 3.05) is 0 Å². The maximum Gasteiger partial charge on any atom is 0.311 e. The van der Waals surface area contributed by atoms with Crippen LogP contribution in [-0.2, 0) is 4.79 Å². The summed E-state index contributed by atoms with van der Waals surface area (Å²) in [6, 6.07) is 14.2. The van der Waals surface area contributed by atoms with Crippen LogP contribution in [0.5, 0.6) is 0 Å². The standard InChI is InChI=1S/C24H24ClNO2/c1-3-4-19(24(27)28)22-14(2)26-21-12-11-18(25)13-20(21)23(22)17-9-7-16(8-10-17)15-5-6-15/h7-13,15,19H,3-6H2,1-2H3,(H,27,28). The fourth-order valence-corrected chi connectivity index (χ4v) is 4.30. The lowest BCUT2D eigenvalue weighted by Crippen LogP contribution is -2.15. The normalized spacial score (nSPS) is 15.0. The number of carboxylic acids is 1. The van der Waals surface area contributed by atoms with E-state index in [-0.39, 0.29) is 0 Å². The van der Waals surface area contributed by atoms with Crippen LogP contribution in [0.15, 0.2) is 42.5 Å². The van der Waals surface area contributed by atoms with Gasteiger partial charge in [0.05, 0.1) is 11.4 Å². The summed E-state index contributed by atoms with van der Waals surface area (Å²) in [4.78, 5) is 16.8. The zero-order valence-electron chi connectivity index (χ0n) is 16.2. The summed E-state index contributed by atoms with van der Waals surface area (Å²) in [5, 5.41) is 11.5. The van der Waals surface area contributed by atoms with Crippen LogP contribution in [0.2, 0.25) is 5.02 Å². The van der Waals surface area contributed by atoms with Gasteiger partial charge in [-0.15, -0.1) is 0 Å². The summed E-state index contributed by atoms with van der Waals surface area (Å²) in [6.45, 7) is 3.93. The number of hydrogen-bond acceptors (Lipinski definition) is 2. The Bertz CT molecular complexity index is 1040. The first-order valence-electron chi connectivity index (χ1n) is 9.92. The highest BCUT2D eigenvalue weighted by Gasteiger charge is 2.28. The molecule has 1 aromatic heterocycles. The number of rotatable bonds is 6. The smallest absolute Gasteiger partial charge is 0.311 e. The first kappa shape index (κ1) is 18.9. The van der Waals surface area contributed by atoms with Crippen LogP contribution in [0, 0.1) is 6.92 Å². The van der Waals surface area contributed by atoms with E-state index >= 15 is 0 Å². The number of carboxylic acid groups (broad SMARTS) is 1. The maximum absolute atomic E-state index is 12.1. The van der Waals surface area contributed by atoms with Gasteiger partial charge in [0, 0.05) is 16.1 Å². The zero-order valence-corrected chi connectivity index (χ0v) is 17.0. The molecule has 0 radical (unpaired) electrons. The molecule has 3 aromatic rings. The number of aromatic nitrogens is 1. The minimum atomic E-state index is -0.802. The number of nitrogens with zero attached hydrogens (tertiary/aromatic N) is 1. The summed E-state index contributed by atoms with van der Waals surface area (Å²) in [7, 11) is 0. The third-order valence-electron chi connectivity index (χ3n) is 5.65.